The SMILES string of the molecule is F[Si-2](F)(F)(F)(F)F.O.O.O.O.O.O.[Mn+2]. The Morgan fingerprint density at radius 2 is 0.429 bits per heavy atom. The van der Waals surface area contributed by atoms with E-state index < -0.39 is 8.63 Å². The maximum Gasteiger partial charge on any atom is 2.00 e. The summed E-state index contributed by atoms with van der Waals surface area (Å²) in [6, 6.07) is 0. The van der Waals surface area contributed by atoms with Crippen LogP contribution in [0.15, 0.2) is 0 Å². The molecule has 0 aromatic carbocycles. The molecule has 0 heterocycles. The minimum atomic E-state index is -10.8. The minimum Gasteiger partial charge on any atom is -0.412 e. The average Bonchev–Trinajstić information content (AvgIpc) is 0.592. The van der Waals surface area contributed by atoms with E-state index in [4.69, 9.17) is 0 Å². The van der Waals surface area contributed by atoms with Gasteiger partial charge in [-0.1, -0.05) is 0 Å². The molecule has 0 atom stereocenters. The Bertz CT molecular complexity index is 80.9. The molecule has 0 fully saturated rings. The van der Waals surface area contributed by atoms with Crippen molar-refractivity contribution in [3.63, 3.8) is 0 Å². The molecule has 0 aromatic heterocycles. The number of hydrogen-bond donors (Lipinski definition) is 0. The zero-order valence-electron chi connectivity index (χ0n) is 6.15. The van der Waals surface area contributed by atoms with Gasteiger partial charge in [-0.2, -0.15) is 0 Å². The Morgan fingerprint density at radius 1 is 0.429 bits per heavy atom. The summed E-state index contributed by atoms with van der Waals surface area (Å²) in [7, 11) is -10.8. The fourth-order valence-corrected chi connectivity index (χ4v) is 0. The van der Waals surface area contributed by atoms with E-state index in [0.29, 0.717) is 0 Å². The molecular weight excluding hydrogens is 293 g/mol. The largest absolute Gasteiger partial charge is 2.00 e. The summed E-state index contributed by atoms with van der Waals surface area (Å²) in [5, 5.41) is 0. The Labute approximate surface area is 84.1 Å². The van der Waals surface area contributed by atoms with Crippen molar-refractivity contribution in [2.24, 2.45) is 0 Å². The molecule has 0 amide bonds. The van der Waals surface area contributed by atoms with Crippen molar-refractivity contribution in [2.45, 2.75) is 0 Å². The fraction of sp³-hybridized carbons (Fsp3) is 0. The monoisotopic (exact) mass is 305 g/mol. The Balaban J connectivity index is -0.00000000857. The molecule has 1 radical (unpaired) electrons. The number of rotatable bonds is 0. The van der Waals surface area contributed by atoms with E-state index in [-0.39, 0.29) is 49.9 Å². The topological polar surface area (TPSA) is 189 Å². The first-order valence-corrected chi connectivity index (χ1v) is 3.40. The van der Waals surface area contributed by atoms with Crippen LogP contribution in [-0.2, 0) is 17.1 Å². The van der Waals surface area contributed by atoms with Crippen molar-refractivity contribution in [1.82, 2.24) is 0 Å². The van der Waals surface area contributed by atoms with E-state index in [9.17, 15) is 24.6 Å². The quantitative estimate of drug-likeness (QED) is 0.254. The third kappa shape index (κ3) is 254000. The van der Waals surface area contributed by atoms with Gasteiger partial charge in [0, 0.05) is 0 Å². The molecule has 6 nitrogen and oxygen atoms in total. The Morgan fingerprint density at radius 3 is 0.429 bits per heavy atom. The second-order valence-corrected chi connectivity index (χ2v) is 3.21. The van der Waals surface area contributed by atoms with Crippen molar-refractivity contribution in [3.8, 4) is 0 Å². The van der Waals surface area contributed by atoms with Gasteiger partial charge in [0.15, 0.2) is 0 Å². The summed E-state index contributed by atoms with van der Waals surface area (Å²) in [6.45, 7) is 0. The van der Waals surface area contributed by atoms with Gasteiger partial charge in [-0.05, 0) is 0 Å². The number of hydrogen-bond acceptors (Lipinski definition) is 0. The standard InChI is InChI=1S/F6Si.Mn.6H2O/c1-7(2,3,4,5)6;;;;;;;/h;;6*1H2/q-2;+2;;;;;;. The zero-order valence-corrected chi connectivity index (χ0v) is 8.33. The molecule has 0 aromatic rings. The van der Waals surface area contributed by atoms with E-state index in [1.807, 2.05) is 0 Å². The van der Waals surface area contributed by atoms with Gasteiger partial charge >= 0.3 is 50.3 Å². The smallest absolute Gasteiger partial charge is 0.412 e. The summed E-state index contributed by atoms with van der Waals surface area (Å²) in [6.07, 6.45) is 0. The van der Waals surface area contributed by atoms with E-state index in [1.54, 1.807) is 0 Å². The summed E-state index contributed by atoms with van der Waals surface area (Å²) in [5.74, 6) is 0. The maximum absolute atomic E-state index is 10.8. The summed E-state index contributed by atoms with van der Waals surface area (Å²) in [4.78, 5) is 0. The molecule has 0 aliphatic rings. The van der Waals surface area contributed by atoms with E-state index in [1.165, 1.54) is 0 Å². The molecule has 101 valence electrons. The zero-order chi connectivity index (χ0) is 6.41. The average molecular weight is 305 g/mol. The molecule has 12 N–H and O–H groups in total. The molecule has 14 heavy (non-hydrogen) atoms. The van der Waals surface area contributed by atoms with Gasteiger partial charge in [0.05, 0.1) is 0 Å². The first kappa shape index (κ1) is 65.2. The van der Waals surface area contributed by atoms with Gasteiger partial charge in [-0.25, -0.2) is 0 Å². The van der Waals surface area contributed by atoms with Crippen LogP contribution in [0.25, 0.3) is 0 Å². The summed E-state index contributed by atoms with van der Waals surface area (Å²) < 4.78 is 59.3. The minimum absolute atomic E-state index is 0. The van der Waals surface area contributed by atoms with Gasteiger partial charge in [0.2, 0.25) is 0 Å². The molecule has 0 saturated heterocycles. The van der Waals surface area contributed by atoms with E-state index in [0.717, 1.165) is 0 Å². The van der Waals surface area contributed by atoms with Crippen LogP contribution in [0.4, 0.5) is 24.6 Å². The normalized spacial score (nSPS) is 11.6. The van der Waals surface area contributed by atoms with Crippen LogP contribution in [-0.4, -0.2) is 41.5 Å². The van der Waals surface area contributed by atoms with Crippen LogP contribution < -0.4 is 0 Å². The Hall–Kier alpha value is 0.0764. The van der Waals surface area contributed by atoms with Crippen LogP contribution in [0.5, 0.6) is 0 Å². The van der Waals surface area contributed by atoms with Crippen LogP contribution in [0.2, 0.25) is 0 Å². The van der Waals surface area contributed by atoms with Gasteiger partial charge in [-0.15, -0.1) is 0 Å². The van der Waals surface area contributed by atoms with Crippen molar-refractivity contribution in [2.75, 3.05) is 0 Å². The van der Waals surface area contributed by atoms with E-state index >= 15 is 0 Å². The van der Waals surface area contributed by atoms with E-state index in [2.05, 4.69) is 0 Å². The molecule has 0 aliphatic heterocycles. The molecule has 0 unspecified atom stereocenters. The number of halogens is 6. The van der Waals surface area contributed by atoms with Crippen LogP contribution in [0.3, 0.4) is 0 Å². The van der Waals surface area contributed by atoms with Gasteiger partial charge < -0.3 is 32.9 Å². The molecule has 0 rings (SSSR count). The third-order valence-electron chi connectivity index (χ3n) is 0. The van der Waals surface area contributed by atoms with Crippen LogP contribution >= 0.6 is 0 Å². The van der Waals surface area contributed by atoms with Crippen molar-refractivity contribution in [1.29, 1.82) is 0 Å². The third-order valence-corrected chi connectivity index (χ3v) is 0. The van der Waals surface area contributed by atoms with Crippen molar-refractivity contribution in [3.05, 3.63) is 0 Å². The molecule has 0 bridgehead atoms. The molecule has 0 aliphatic carbocycles. The van der Waals surface area contributed by atoms with Gasteiger partial charge in [0.1, 0.15) is 0 Å². The molecule has 0 saturated carbocycles. The predicted molar refractivity (Wildman–Crippen MR) is 34.1 cm³/mol. The second kappa shape index (κ2) is 8.39. The first-order valence-electron chi connectivity index (χ1n) is 1.13. The first-order chi connectivity index (χ1) is 2.45. The van der Waals surface area contributed by atoms with Gasteiger partial charge in [0.25, 0.3) is 0 Å². The fourth-order valence-electron chi connectivity index (χ4n) is 0. The molecule has 0 spiro atoms. The van der Waals surface area contributed by atoms with Crippen LogP contribution in [0.1, 0.15) is 0 Å². The Kier molecular flexibility index (Phi) is 39.1. The van der Waals surface area contributed by atoms with Crippen LogP contribution in [0, 0.1) is 0 Å². The molecule has 14 heteroatoms. The maximum atomic E-state index is 9.88. The predicted octanol–water partition coefficient (Wildman–Crippen LogP) is -2.81. The second-order valence-electron chi connectivity index (χ2n) is 1.07. The summed E-state index contributed by atoms with van der Waals surface area (Å²) >= 11 is 0. The van der Waals surface area contributed by atoms with Crippen molar-refractivity contribution < 1.29 is 74.6 Å². The summed E-state index contributed by atoms with van der Waals surface area (Å²) in [5.41, 5.74) is 0. The van der Waals surface area contributed by atoms with Gasteiger partial charge in [-0.3, -0.25) is 0 Å². The van der Waals surface area contributed by atoms with Crippen molar-refractivity contribution >= 4 is 8.63 Å². The molecular formula is H12F6MnO6Si.